The maximum atomic E-state index is 11.5. The molecule has 1 heterocycles. The SMILES string of the molecule is O=c1[n-]c(=O)n(Cc2ccc(OCc3cccc(-c4ccc(CO)cc4)c3)cc2)o1.[Na+]. The van der Waals surface area contributed by atoms with Crippen LogP contribution in [0.15, 0.2) is 86.9 Å². The van der Waals surface area contributed by atoms with Crippen molar-refractivity contribution in [1.29, 1.82) is 0 Å². The summed E-state index contributed by atoms with van der Waals surface area (Å²) in [5.41, 5.74) is 4.14. The Labute approximate surface area is 200 Å². The Morgan fingerprint density at radius 2 is 1.58 bits per heavy atom. The van der Waals surface area contributed by atoms with Gasteiger partial charge in [0.15, 0.2) is 5.69 Å². The van der Waals surface area contributed by atoms with Gasteiger partial charge in [0, 0.05) is 6.54 Å². The fourth-order valence-corrected chi connectivity index (χ4v) is 3.05. The zero-order chi connectivity index (χ0) is 20.9. The predicted molar refractivity (Wildman–Crippen MR) is 110 cm³/mol. The molecule has 31 heavy (non-hydrogen) atoms. The number of hydrogen-bond acceptors (Lipinski definition) is 5. The molecule has 0 bridgehead atoms. The average molecular weight is 426 g/mol. The van der Waals surface area contributed by atoms with Crippen LogP contribution < -0.4 is 50.7 Å². The van der Waals surface area contributed by atoms with Crippen LogP contribution in [0.5, 0.6) is 5.75 Å². The summed E-state index contributed by atoms with van der Waals surface area (Å²) >= 11 is 0. The normalized spacial score (nSPS) is 10.5. The van der Waals surface area contributed by atoms with Gasteiger partial charge in [-0.15, -0.1) is 0 Å². The number of aliphatic hydroxyl groups is 1. The first kappa shape index (κ1) is 22.8. The van der Waals surface area contributed by atoms with Crippen LogP contribution in [0.4, 0.5) is 0 Å². The Kier molecular flexibility index (Phi) is 7.70. The minimum Gasteiger partial charge on any atom is -0.489 e. The van der Waals surface area contributed by atoms with E-state index in [2.05, 4.69) is 11.1 Å². The summed E-state index contributed by atoms with van der Waals surface area (Å²) in [6.07, 6.45) is 0. The van der Waals surface area contributed by atoms with Gasteiger partial charge >= 0.3 is 35.3 Å². The summed E-state index contributed by atoms with van der Waals surface area (Å²) in [7, 11) is 0. The van der Waals surface area contributed by atoms with E-state index in [9.17, 15) is 14.7 Å². The molecule has 3 aromatic carbocycles. The second-order valence-electron chi connectivity index (χ2n) is 6.78. The predicted octanol–water partition coefficient (Wildman–Crippen LogP) is -0.451. The molecule has 8 heteroatoms. The van der Waals surface area contributed by atoms with Crippen molar-refractivity contribution in [3.8, 4) is 16.9 Å². The van der Waals surface area contributed by atoms with Crippen LogP contribution >= 0.6 is 0 Å². The van der Waals surface area contributed by atoms with Crippen LogP contribution in [-0.2, 0) is 19.8 Å². The first-order valence-corrected chi connectivity index (χ1v) is 9.37. The molecule has 0 aliphatic carbocycles. The molecule has 0 unspecified atom stereocenters. The molecule has 1 aromatic heterocycles. The van der Waals surface area contributed by atoms with E-state index in [1.54, 1.807) is 24.3 Å². The van der Waals surface area contributed by atoms with Crippen LogP contribution in [-0.4, -0.2) is 9.85 Å². The van der Waals surface area contributed by atoms with Gasteiger partial charge in [-0.05, 0) is 46.0 Å². The Hall–Kier alpha value is -2.84. The zero-order valence-electron chi connectivity index (χ0n) is 17.0. The topological polar surface area (TPSA) is 95.8 Å². The smallest absolute Gasteiger partial charge is 0.489 e. The molecule has 1 N–H and O–H groups in total. The Balaban J connectivity index is 0.00000272. The molecule has 0 aliphatic heterocycles. The number of nitrogens with zero attached hydrogens (tertiary/aromatic N) is 2. The molecule has 0 fully saturated rings. The molecule has 152 valence electrons. The van der Waals surface area contributed by atoms with E-state index in [-0.39, 0.29) is 42.7 Å². The van der Waals surface area contributed by atoms with Gasteiger partial charge < -0.3 is 19.4 Å². The molecular weight excluding hydrogens is 407 g/mol. The van der Waals surface area contributed by atoms with E-state index in [4.69, 9.17) is 9.26 Å². The minimum absolute atomic E-state index is 0. The van der Waals surface area contributed by atoms with E-state index in [1.807, 2.05) is 42.5 Å². The third-order valence-electron chi connectivity index (χ3n) is 4.64. The number of aromatic nitrogens is 2. The Morgan fingerprint density at radius 3 is 2.23 bits per heavy atom. The minimum atomic E-state index is -0.897. The van der Waals surface area contributed by atoms with Crippen LogP contribution in [0, 0.1) is 0 Å². The van der Waals surface area contributed by atoms with Gasteiger partial charge in [0.05, 0.1) is 6.61 Å². The largest absolute Gasteiger partial charge is 1.00 e. The van der Waals surface area contributed by atoms with Gasteiger partial charge in [0.2, 0.25) is 0 Å². The van der Waals surface area contributed by atoms with Crippen LogP contribution in [0.2, 0.25) is 0 Å². The molecule has 0 aliphatic rings. The molecule has 4 rings (SSSR count). The number of benzene rings is 3. The number of ether oxygens (including phenoxy) is 1. The molecule has 0 atom stereocenters. The van der Waals surface area contributed by atoms with Gasteiger partial charge in [-0.25, -0.2) is 4.79 Å². The van der Waals surface area contributed by atoms with Crippen LogP contribution in [0.25, 0.3) is 11.1 Å². The van der Waals surface area contributed by atoms with Crippen molar-refractivity contribution in [3.63, 3.8) is 0 Å². The number of aliphatic hydroxyl groups excluding tert-OH is 1. The summed E-state index contributed by atoms with van der Waals surface area (Å²) in [6, 6.07) is 23.1. The summed E-state index contributed by atoms with van der Waals surface area (Å²) in [5, 5.41) is 9.17. The molecular formula is C23H19N2NaO5. The number of rotatable bonds is 7. The zero-order valence-corrected chi connectivity index (χ0v) is 19.0. The standard InChI is InChI=1S/C23H20N2O5.Na/c26-14-17-4-8-19(9-5-17)20-3-1-2-18(12-20)15-29-21-10-6-16(7-11-21)13-25-22(27)24-23(28)30-25;/h1-12,26H,13-15H2,(H,24,27,28);/q;+1/p-1. The Morgan fingerprint density at radius 1 is 0.871 bits per heavy atom. The molecule has 7 nitrogen and oxygen atoms in total. The van der Waals surface area contributed by atoms with E-state index >= 15 is 0 Å². The van der Waals surface area contributed by atoms with Crippen molar-refractivity contribution < 1.29 is 43.9 Å². The Bertz CT molecular complexity index is 1240. The van der Waals surface area contributed by atoms with Gasteiger partial charge in [-0.1, -0.05) is 54.6 Å². The van der Waals surface area contributed by atoms with Crippen molar-refractivity contribution in [3.05, 3.63) is 111 Å². The maximum Gasteiger partial charge on any atom is 1.00 e. The van der Waals surface area contributed by atoms with E-state index in [1.165, 1.54) is 0 Å². The molecule has 0 saturated carbocycles. The van der Waals surface area contributed by atoms with E-state index in [0.717, 1.165) is 32.6 Å². The summed E-state index contributed by atoms with van der Waals surface area (Å²) < 4.78 is 11.5. The van der Waals surface area contributed by atoms with Crippen LogP contribution in [0.3, 0.4) is 0 Å². The van der Waals surface area contributed by atoms with Crippen LogP contribution in [0.1, 0.15) is 16.7 Å². The fourth-order valence-electron chi connectivity index (χ4n) is 3.05. The van der Waals surface area contributed by atoms with Crippen molar-refractivity contribution in [1.82, 2.24) is 9.72 Å². The van der Waals surface area contributed by atoms with Crippen molar-refractivity contribution in [2.45, 2.75) is 19.8 Å². The van der Waals surface area contributed by atoms with Crippen molar-refractivity contribution in [2.24, 2.45) is 0 Å². The monoisotopic (exact) mass is 426 g/mol. The summed E-state index contributed by atoms with van der Waals surface area (Å²) in [5.74, 6) is -0.211. The average Bonchev–Trinajstić information content (AvgIpc) is 3.10. The molecule has 0 saturated heterocycles. The third-order valence-corrected chi connectivity index (χ3v) is 4.64. The third kappa shape index (κ3) is 5.86. The quantitative estimate of drug-likeness (QED) is 0.402. The number of hydrogen-bond donors (Lipinski definition) is 1. The molecule has 0 radical (unpaired) electrons. The molecule has 0 spiro atoms. The van der Waals surface area contributed by atoms with E-state index in [0.29, 0.717) is 12.4 Å². The van der Waals surface area contributed by atoms with Gasteiger partial charge in [0.25, 0.3) is 0 Å². The summed E-state index contributed by atoms with van der Waals surface area (Å²) in [6.45, 7) is 0.566. The first-order chi connectivity index (χ1) is 14.6. The van der Waals surface area contributed by atoms with Gasteiger partial charge in [-0.2, -0.15) is 0 Å². The fraction of sp³-hybridized carbons (Fsp3) is 0.130. The van der Waals surface area contributed by atoms with E-state index < -0.39 is 11.4 Å². The molecule has 4 aromatic rings. The van der Waals surface area contributed by atoms with Gasteiger partial charge in [-0.3, -0.25) is 9.53 Å². The van der Waals surface area contributed by atoms with Crippen molar-refractivity contribution >= 4 is 0 Å². The molecule has 0 amide bonds. The van der Waals surface area contributed by atoms with Crippen molar-refractivity contribution in [2.75, 3.05) is 0 Å². The second kappa shape index (κ2) is 10.5. The summed E-state index contributed by atoms with van der Waals surface area (Å²) in [4.78, 5) is 25.6. The maximum absolute atomic E-state index is 11.5. The van der Waals surface area contributed by atoms with Gasteiger partial charge in [0.1, 0.15) is 12.4 Å². The first-order valence-electron chi connectivity index (χ1n) is 9.37. The second-order valence-corrected chi connectivity index (χ2v) is 6.78.